The van der Waals surface area contributed by atoms with E-state index in [1.807, 2.05) is 0 Å². The minimum atomic E-state index is 0.873. The Bertz CT molecular complexity index is 198. The van der Waals surface area contributed by atoms with Crippen LogP contribution in [0, 0.1) is 11.8 Å². The lowest BCUT2D eigenvalue weighted by Crippen LogP contribution is -2.34. The van der Waals surface area contributed by atoms with Gasteiger partial charge in [0.25, 0.3) is 0 Å². The van der Waals surface area contributed by atoms with Gasteiger partial charge in [0.1, 0.15) is 0 Å². The molecule has 2 heterocycles. The van der Waals surface area contributed by atoms with Gasteiger partial charge in [-0.3, -0.25) is 0 Å². The van der Waals surface area contributed by atoms with Gasteiger partial charge in [-0.05, 0) is 70.6 Å². The first-order chi connectivity index (χ1) is 8.34. The van der Waals surface area contributed by atoms with Gasteiger partial charge in [-0.1, -0.05) is 0 Å². The van der Waals surface area contributed by atoms with Crippen molar-refractivity contribution in [2.75, 3.05) is 46.4 Å². The summed E-state index contributed by atoms with van der Waals surface area (Å²) < 4.78 is 5.41. The Balaban J connectivity index is 1.57. The number of piperidine rings is 1. The molecule has 0 aromatic heterocycles. The van der Waals surface area contributed by atoms with E-state index < -0.39 is 0 Å². The van der Waals surface area contributed by atoms with Gasteiger partial charge in [-0.25, -0.2) is 0 Å². The summed E-state index contributed by atoms with van der Waals surface area (Å²) in [6.07, 6.45) is 6.68. The van der Waals surface area contributed by atoms with E-state index in [0.29, 0.717) is 0 Å². The number of nitrogens with one attached hydrogen (secondary N) is 1. The zero-order chi connectivity index (χ0) is 11.9. The molecule has 1 atom stereocenters. The highest BCUT2D eigenvalue weighted by Gasteiger charge is 2.17. The largest absolute Gasteiger partial charge is 0.381 e. The molecule has 0 radical (unpaired) electrons. The minimum Gasteiger partial charge on any atom is -0.381 e. The van der Waals surface area contributed by atoms with E-state index in [9.17, 15) is 0 Å². The predicted molar refractivity (Wildman–Crippen MR) is 71.3 cm³/mol. The van der Waals surface area contributed by atoms with Crippen LogP contribution in [0.4, 0.5) is 0 Å². The van der Waals surface area contributed by atoms with Crippen LogP contribution in [0.25, 0.3) is 0 Å². The Kier molecular flexibility index (Phi) is 5.75. The number of hydrogen-bond donors (Lipinski definition) is 1. The zero-order valence-electron chi connectivity index (χ0n) is 11.3. The fourth-order valence-electron chi connectivity index (χ4n) is 3.03. The summed E-state index contributed by atoms with van der Waals surface area (Å²) in [5.74, 6) is 1.79. The van der Waals surface area contributed by atoms with Gasteiger partial charge in [0.15, 0.2) is 0 Å². The van der Waals surface area contributed by atoms with Gasteiger partial charge < -0.3 is 15.0 Å². The van der Waals surface area contributed by atoms with Crippen molar-refractivity contribution in [3.8, 4) is 0 Å². The monoisotopic (exact) mass is 240 g/mol. The molecule has 3 nitrogen and oxygen atoms in total. The van der Waals surface area contributed by atoms with Crippen LogP contribution in [0.1, 0.15) is 32.1 Å². The van der Waals surface area contributed by atoms with E-state index in [2.05, 4.69) is 17.3 Å². The lowest BCUT2D eigenvalue weighted by molar-refractivity contribution is 0.0550. The minimum absolute atomic E-state index is 0.873. The number of hydrogen-bond acceptors (Lipinski definition) is 3. The molecule has 1 N–H and O–H groups in total. The SMILES string of the molecule is CN(CC[C@H]1CCCNC1)CC1CCOCC1. The highest BCUT2D eigenvalue weighted by Crippen LogP contribution is 2.17. The fraction of sp³-hybridized carbons (Fsp3) is 1.00. The Labute approximate surface area is 106 Å². The molecule has 0 aromatic rings. The number of ether oxygens (including phenoxy) is 1. The van der Waals surface area contributed by atoms with Crippen molar-refractivity contribution in [1.29, 1.82) is 0 Å². The third-order valence-corrected chi connectivity index (χ3v) is 4.23. The number of rotatable bonds is 5. The van der Waals surface area contributed by atoms with E-state index in [1.54, 1.807) is 0 Å². The van der Waals surface area contributed by atoms with Crippen molar-refractivity contribution < 1.29 is 4.74 Å². The normalized spacial score (nSPS) is 27.5. The molecule has 0 bridgehead atoms. The van der Waals surface area contributed by atoms with Crippen LogP contribution in [-0.2, 0) is 4.74 Å². The average Bonchev–Trinajstić information content (AvgIpc) is 2.39. The summed E-state index contributed by atoms with van der Waals surface area (Å²) in [4.78, 5) is 2.53. The predicted octanol–water partition coefficient (Wildman–Crippen LogP) is 1.73. The maximum absolute atomic E-state index is 5.41. The molecule has 2 saturated heterocycles. The maximum Gasteiger partial charge on any atom is 0.0469 e. The van der Waals surface area contributed by atoms with E-state index in [4.69, 9.17) is 4.74 Å². The van der Waals surface area contributed by atoms with Crippen molar-refractivity contribution in [1.82, 2.24) is 10.2 Å². The second-order valence-corrected chi connectivity index (χ2v) is 5.82. The maximum atomic E-state index is 5.41. The van der Waals surface area contributed by atoms with Crippen LogP contribution in [0.5, 0.6) is 0 Å². The summed E-state index contributed by atoms with van der Waals surface area (Å²) >= 11 is 0. The van der Waals surface area contributed by atoms with Gasteiger partial charge in [0.05, 0.1) is 0 Å². The molecule has 0 amide bonds. The van der Waals surface area contributed by atoms with Gasteiger partial charge in [-0.15, -0.1) is 0 Å². The first-order valence-corrected chi connectivity index (χ1v) is 7.31. The van der Waals surface area contributed by atoms with E-state index in [0.717, 1.165) is 25.0 Å². The third kappa shape index (κ3) is 4.94. The van der Waals surface area contributed by atoms with Crippen LogP contribution in [0.2, 0.25) is 0 Å². The Morgan fingerprint density at radius 1 is 1.18 bits per heavy atom. The summed E-state index contributed by atoms with van der Waals surface area (Å²) in [6, 6.07) is 0. The molecule has 0 spiro atoms. The lowest BCUT2D eigenvalue weighted by Gasteiger charge is -2.29. The average molecular weight is 240 g/mol. The van der Waals surface area contributed by atoms with Gasteiger partial charge in [0.2, 0.25) is 0 Å². The summed E-state index contributed by atoms with van der Waals surface area (Å²) in [6.45, 7) is 6.96. The second-order valence-electron chi connectivity index (χ2n) is 5.82. The van der Waals surface area contributed by atoms with Crippen LogP contribution in [0.15, 0.2) is 0 Å². The third-order valence-electron chi connectivity index (χ3n) is 4.23. The van der Waals surface area contributed by atoms with Crippen LogP contribution in [0.3, 0.4) is 0 Å². The lowest BCUT2D eigenvalue weighted by atomic mass is 9.95. The molecule has 2 aliphatic rings. The van der Waals surface area contributed by atoms with Crippen molar-refractivity contribution in [3.63, 3.8) is 0 Å². The highest BCUT2D eigenvalue weighted by molar-refractivity contribution is 4.72. The summed E-state index contributed by atoms with van der Waals surface area (Å²) in [7, 11) is 2.28. The van der Waals surface area contributed by atoms with Crippen molar-refractivity contribution >= 4 is 0 Å². The highest BCUT2D eigenvalue weighted by atomic mass is 16.5. The van der Waals surface area contributed by atoms with E-state index in [-0.39, 0.29) is 0 Å². The Morgan fingerprint density at radius 3 is 2.71 bits per heavy atom. The summed E-state index contributed by atoms with van der Waals surface area (Å²) in [5, 5.41) is 3.50. The van der Waals surface area contributed by atoms with Crippen LogP contribution >= 0.6 is 0 Å². The molecule has 3 heteroatoms. The van der Waals surface area contributed by atoms with Crippen molar-refractivity contribution in [2.45, 2.75) is 32.1 Å². The molecule has 2 rings (SSSR count). The van der Waals surface area contributed by atoms with E-state index in [1.165, 1.54) is 58.3 Å². The summed E-state index contributed by atoms with van der Waals surface area (Å²) in [5.41, 5.74) is 0. The quantitative estimate of drug-likeness (QED) is 0.792. The molecule has 0 saturated carbocycles. The molecule has 100 valence electrons. The first kappa shape index (κ1) is 13.3. The van der Waals surface area contributed by atoms with Crippen LogP contribution < -0.4 is 5.32 Å². The molecule has 0 aromatic carbocycles. The Morgan fingerprint density at radius 2 is 2.00 bits per heavy atom. The Hall–Kier alpha value is -0.120. The molecular formula is C14H28N2O. The standard InChI is InChI=1S/C14H28N2O/c1-16(12-14-5-9-17-10-6-14)8-4-13-3-2-7-15-11-13/h13-15H,2-12H2,1H3/t13-/m1/s1. The van der Waals surface area contributed by atoms with Crippen LogP contribution in [-0.4, -0.2) is 51.3 Å². The van der Waals surface area contributed by atoms with Crippen molar-refractivity contribution in [2.24, 2.45) is 11.8 Å². The molecule has 17 heavy (non-hydrogen) atoms. The van der Waals surface area contributed by atoms with Gasteiger partial charge in [0, 0.05) is 19.8 Å². The molecule has 0 unspecified atom stereocenters. The smallest absolute Gasteiger partial charge is 0.0469 e. The molecule has 2 aliphatic heterocycles. The fourth-order valence-corrected chi connectivity index (χ4v) is 3.03. The van der Waals surface area contributed by atoms with Crippen molar-refractivity contribution in [3.05, 3.63) is 0 Å². The number of nitrogens with zero attached hydrogens (tertiary/aromatic N) is 1. The van der Waals surface area contributed by atoms with E-state index >= 15 is 0 Å². The zero-order valence-corrected chi connectivity index (χ0v) is 11.3. The topological polar surface area (TPSA) is 24.5 Å². The van der Waals surface area contributed by atoms with Gasteiger partial charge in [-0.2, -0.15) is 0 Å². The molecule has 0 aliphatic carbocycles. The molecular weight excluding hydrogens is 212 g/mol. The van der Waals surface area contributed by atoms with Gasteiger partial charge >= 0.3 is 0 Å². The second kappa shape index (κ2) is 7.34. The molecule has 2 fully saturated rings. The first-order valence-electron chi connectivity index (χ1n) is 7.31.